The molecule has 330 valence electrons. The zero-order valence-electron chi connectivity index (χ0n) is 35.9. The van der Waals surface area contributed by atoms with E-state index < -0.39 is 51.8 Å². The third kappa shape index (κ3) is 40.6. The summed E-state index contributed by atoms with van der Waals surface area (Å²) >= 11 is 0. The van der Waals surface area contributed by atoms with Crippen LogP contribution in [0.3, 0.4) is 0 Å². The van der Waals surface area contributed by atoms with Crippen LogP contribution in [0, 0.1) is 0 Å². The molecule has 11 heteroatoms. The predicted octanol–water partition coefficient (Wildman–Crippen LogP) is 12.2. The molecule has 0 rings (SSSR count). The number of aliphatic hydroxyl groups is 2. The number of phosphoric ester groups is 1. The molecule has 10 nitrogen and oxygen atoms in total. The van der Waals surface area contributed by atoms with E-state index in [1.165, 1.54) is 128 Å². The minimum absolute atomic E-state index is 0.127. The number of phosphoric acid groups is 1. The van der Waals surface area contributed by atoms with Crippen LogP contribution in [0.2, 0.25) is 0 Å². The van der Waals surface area contributed by atoms with Crippen molar-refractivity contribution in [2.45, 2.75) is 225 Å². The van der Waals surface area contributed by atoms with Crippen LogP contribution in [0.1, 0.15) is 213 Å². The number of hydrogen-bond acceptors (Lipinski definition) is 9. The number of unbranched alkanes of at least 4 members (excludes halogenated alkanes) is 25. The first-order chi connectivity index (χ1) is 27.2. The molecule has 56 heavy (non-hydrogen) atoms. The molecule has 0 saturated carbocycles. The van der Waals surface area contributed by atoms with Gasteiger partial charge in [-0.15, -0.1) is 0 Å². The van der Waals surface area contributed by atoms with E-state index in [1.54, 1.807) is 0 Å². The zero-order valence-corrected chi connectivity index (χ0v) is 36.8. The number of carbonyl (C=O) groups excluding carboxylic acids is 2. The highest BCUT2D eigenvalue weighted by Crippen LogP contribution is 2.43. The molecule has 0 amide bonds. The first-order valence-corrected chi connectivity index (χ1v) is 24.3. The number of ether oxygens (including phenoxy) is 2. The van der Waals surface area contributed by atoms with Crippen molar-refractivity contribution in [3.63, 3.8) is 0 Å². The van der Waals surface area contributed by atoms with E-state index in [-0.39, 0.29) is 19.4 Å². The third-order valence-corrected chi connectivity index (χ3v) is 10.8. The fourth-order valence-electron chi connectivity index (χ4n) is 6.31. The molecule has 0 bridgehead atoms. The Hall–Kier alpha value is -1.55. The highest BCUT2D eigenvalue weighted by atomic mass is 31.2. The first-order valence-electron chi connectivity index (χ1n) is 22.8. The minimum Gasteiger partial charge on any atom is -0.462 e. The van der Waals surface area contributed by atoms with E-state index in [4.69, 9.17) is 19.1 Å². The summed E-state index contributed by atoms with van der Waals surface area (Å²) in [5.74, 6) is -0.969. The second-order valence-electron chi connectivity index (χ2n) is 15.4. The van der Waals surface area contributed by atoms with Crippen molar-refractivity contribution in [2.24, 2.45) is 0 Å². The summed E-state index contributed by atoms with van der Waals surface area (Å²) < 4.78 is 32.6. The van der Waals surface area contributed by atoms with Crippen LogP contribution in [-0.2, 0) is 32.7 Å². The molecular weight excluding hydrogens is 731 g/mol. The van der Waals surface area contributed by atoms with Crippen molar-refractivity contribution in [1.29, 1.82) is 0 Å². The molecule has 0 heterocycles. The van der Waals surface area contributed by atoms with Crippen molar-refractivity contribution < 1.29 is 47.8 Å². The Morgan fingerprint density at radius 1 is 0.518 bits per heavy atom. The van der Waals surface area contributed by atoms with Crippen molar-refractivity contribution in [1.82, 2.24) is 0 Å². The summed E-state index contributed by atoms with van der Waals surface area (Å²) in [5, 5.41) is 18.3. The molecule has 0 saturated heterocycles. The summed E-state index contributed by atoms with van der Waals surface area (Å²) in [6.45, 7) is 2.34. The van der Waals surface area contributed by atoms with Crippen molar-refractivity contribution in [3.8, 4) is 0 Å². The Morgan fingerprint density at radius 2 is 0.911 bits per heavy atom. The molecule has 0 spiro atoms. The van der Waals surface area contributed by atoms with Gasteiger partial charge in [-0.05, 0) is 44.9 Å². The van der Waals surface area contributed by atoms with Crippen LogP contribution >= 0.6 is 7.82 Å². The second kappa shape index (κ2) is 41.6. The van der Waals surface area contributed by atoms with Crippen LogP contribution in [0.25, 0.3) is 0 Å². The molecule has 0 fully saturated rings. The number of carbonyl (C=O) groups is 2. The molecule has 0 aromatic rings. The molecule has 0 aliphatic rings. The lowest BCUT2D eigenvalue weighted by molar-refractivity contribution is -0.161. The number of allylic oxidation sites excluding steroid dienone is 4. The summed E-state index contributed by atoms with van der Waals surface area (Å²) in [6, 6.07) is 0. The van der Waals surface area contributed by atoms with E-state index >= 15 is 0 Å². The van der Waals surface area contributed by atoms with Crippen molar-refractivity contribution in [3.05, 3.63) is 24.3 Å². The molecule has 3 N–H and O–H groups in total. The minimum atomic E-state index is -4.62. The van der Waals surface area contributed by atoms with E-state index in [9.17, 15) is 24.2 Å². The van der Waals surface area contributed by atoms with Gasteiger partial charge >= 0.3 is 19.8 Å². The van der Waals surface area contributed by atoms with E-state index in [0.717, 1.165) is 38.5 Å². The van der Waals surface area contributed by atoms with Gasteiger partial charge in [0, 0.05) is 12.8 Å². The Kier molecular flexibility index (Phi) is 40.5. The van der Waals surface area contributed by atoms with Gasteiger partial charge in [-0.2, -0.15) is 0 Å². The highest BCUT2D eigenvalue weighted by Gasteiger charge is 2.27. The molecular formula is C45H85O10P. The maximum absolute atomic E-state index is 12.6. The first kappa shape index (κ1) is 54.5. The largest absolute Gasteiger partial charge is 0.472 e. The monoisotopic (exact) mass is 817 g/mol. The fraction of sp³-hybridized carbons (Fsp3) is 0.867. The van der Waals surface area contributed by atoms with E-state index in [0.29, 0.717) is 19.3 Å². The van der Waals surface area contributed by atoms with Crippen molar-refractivity contribution >= 4 is 19.8 Å². The van der Waals surface area contributed by atoms with Crippen LogP contribution in [0.4, 0.5) is 0 Å². The quantitative estimate of drug-likeness (QED) is 0.0235. The normalized spacial score (nSPS) is 14.0. The van der Waals surface area contributed by atoms with Gasteiger partial charge in [0.05, 0.1) is 19.8 Å². The summed E-state index contributed by atoms with van der Waals surface area (Å²) in [4.78, 5) is 34.9. The van der Waals surface area contributed by atoms with Gasteiger partial charge in [0.25, 0.3) is 0 Å². The smallest absolute Gasteiger partial charge is 0.462 e. The van der Waals surface area contributed by atoms with Gasteiger partial charge in [0.15, 0.2) is 6.10 Å². The summed E-state index contributed by atoms with van der Waals surface area (Å²) in [7, 11) is -4.62. The molecule has 0 aromatic carbocycles. The topological polar surface area (TPSA) is 149 Å². The average molecular weight is 817 g/mol. The van der Waals surface area contributed by atoms with E-state index in [1.807, 2.05) is 0 Å². The van der Waals surface area contributed by atoms with Gasteiger partial charge in [-0.3, -0.25) is 18.6 Å². The fourth-order valence-corrected chi connectivity index (χ4v) is 7.10. The zero-order chi connectivity index (χ0) is 41.2. The Morgan fingerprint density at radius 3 is 1.39 bits per heavy atom. The van der Waals surface area contributed by atoms with Crippen LogP contribution in [-0.4, -0.2) is 65.7 Å². The third-order valence-electron chi connectivity index (χ3n) is 9.84. The lowest BCUT2D eigenvalue weighted by Crippen LogP contribution is -2.29. The number of esters is 2. The molecule has 0 aliphatic carbocycles. The van der Waals surface area contributed by atoms with Crippen LogP contribution in [0.15, 0.2) is 24.3 Å². The lowest BCUT2D eigenvalue weighted by Gasteiger charge is -2.20. The van der Waals surface area contributed by atoms with E-state index in [2.05, 4.69) is 42.7 Å². The summed E-state index contributed by atoms with van der Waals surface area (Å²) in [5.41, 5.74) is 0. The number of hydrogen-bond donors (Lipinski definition) is 3. The highest BCUT2D eigenvalue weighted by molar-refractivity contribution is 7.47. The molecule has 0 aromatic heterocycles. The van der Waals surface area contributed by atoms with Gasteiger partial charge in [-0.1, -0.05) is 179 Å². The number of rotatable bonds is 43. The Bertz CT molecular complexity index is 988. The molecule has 3 atom stereocenters. The lowest BCUT2D eigenvalue weighted by atomic mass is 10.0. The maximum Gasteiger partial charge on any atom is 0.472 e. The Labute approximate surface area is 342 Å². The molecule has 0 aliphatic heterocycles. The van der Waals surface area contributed by atoms with Gasteiger partial charge in [0.1, 0.15) is 12.7 Å². The van der Waals surface area contributed by atoms with Gasteiger partial charge in [-0.25, -0.2) is 4.57 Å². The molecule has 1 unspecified atom stereocenters. The summed E-state index contributed by atoms with van der Waals surface area (Å²) in [6.07, 6.45) is 41.7. The SMILES string of the molecule is CCCCCCCCCCCCCCCC/C=C/CC/C=C/CCCC(=O)O[C@H](COC(=O)CCCCCCCCCCCC)COP(=O)(O)OC[C@@H](O)CO. The van der Waals surface area contributed by atoms with Crippen LogP contribution in [0.5, 0.6) is 0 Å². The Balaban J connectivity index is 4.22. The second-order valence-corrected chi connectivity index (χ2v) is 16.9. The maximum atomic E-state index is 12.6. The van der Waals surface area contributed by atoms with Crippen molar-refractivity contribution in [2.75, 3.05) is 26.4 Å². The van der Waals surface area contributed by atoms with Gasteiger partial charge < -0.3 is 24.6 Å². The average Bonchev–Trinajstić information content (AvgIpc) is 3.19. The standard InChI is InChI=1S/C45H85O10P/c1-3-5-7-9-11-13-15-16-17-18-19-20-21-22-23-24-25-26-27-29-31-33-35-37-45(49)55-43(41-54-56(50,51)53-39-42(47)38-46)40-52-44(48)36-34-32-30-28-14-12-10-8-6-4-2/h24-25,29,31,42-43,46-47H,3-23,26-28,30,32-41H2,1-2H3,(H,50,51)/b25-24+,31-29+/t42-,43+/m0/s1. The molecule has 0 radical (unpaired) electrons. The van der Waals surface area contributed by atoms with Gasteiger partial charge in [0.2, 0.25) is 0 Å². The van der Waals surface area contributed by atoms with Crippen LogP contribution < -0.4 is 0 Å². The predicted molar refractivity (Wildman–Crippen MR) is 228 cm³/mol. The number of aliphatic hydroxyl groups excluding tert-OH is 2.